The van der Waals surface area contributed by atoms with Crippen LogP contribution in [0.1, 0.15) is 23.3 Å². The van der Waals surface area contributed by atoms with Crippen molar-refractivity contribution >= 4 is 5.91 Å². The number of carbonyl (C=O) groups is 1. The van der Waals surface area contributed by atoms with Crippen LogP contribution in [0.25, 0.3) is 5.69 Å². The van der Waals surface area contributed by atoms with E-state index in [0.29, 0.717) is 10.6 Å². The zero-order valence-electron chi connectivity index (χ0n) is 12.9. The first-order chi connectivity index (χ1) is 11.8. The highest BCUT2D eigenvalue weighted by Gasteiger charge is 2.48. The minimum atomic E-state index is -4.54. The third kappa shape index (κ3) is 3.63. The molecule has 6 nitrogen and oxygen atoms in total. The average molecular weight is 357 g/mol. The quantitative estimate of drug-likeness (QED) is 0.833. The molecule has 1 aromatic heterocycles. The second kappa shape index (κ2) is 6.43. The Morgan fingerprint density at radius 3 is 2.52 bits per heavy atom. The molecule has 2 aromatic rings. The summed E-state index contributed by atoms with van der Waals surface area (Å²) >= 11 is 0. The van der Waals surface area contributed by atoms with E-state index in [4.69, 9.17) is 5.73 Å². The summed E-state index contributed by atoms with van der Waals surface area (Å²) < 4.78 is 53.7. The van der Waals surface area contributed by atoms with E-state index in [1.807, 2.05) is 0 Å². The van der Waals surface area contributed by atoms with Gasteiger partial charge in [-0.1, -0.05) is 5.21 Å². The Morgan fingerprint density at radius 2 is 1.88 bits per heavy atom. The Bertz CT molecular complexity index is 758. The summed E-state index contributed by atoms with van der Waals surface area (Å²) in [7, 11) is 0. The van der Waals surface area contributed by atoms with E-state index in [9.17, 15) is 22.4 Å². The number of hydrogen-bond acceptors (Lipinski definition) is 4. The number of rotatable bonds is 2. The molecule has 0 spiro atoms. The van der Waals surface area contributed by atoms with E-state index in [1.54, 1.807) is 0 Å². The third-order valence-electron chi connectivity index (χ3n) is 4.06. The van der Waals surface area contributed by atoms with Gasteiger partial charge in [-0.25, -0.2) is 9.07 Å². The van der Waals surface area contributed by atoms with Crippen molar-refractivity contribution in [3.63, 3.8) is 0 Å². The standard InChI is InChI=1S/C15H15F4N5O/c16-9-1-4-11(5-2-9)24-8-12(21-22-24)14(25)23-7-10(20)3-6-13(23)15(17,18)19/h1-2,4-5,8,10,13H,3,6-7,20H2/t10-,13-/m1/s1. The van der Waals surface area contributed by atoms with Gasteiger partial charge in [-0.2, -0.15) is 13.2 Å². The predicted molar refractivity (Wildman–Crippen MR) is 79.4 cm³/mol. The molecule has 0 bridgehead atoms. The van der Waals surface area contributed by atoms with E-state index in [0.717, 1.165) is 0 Å². The van der Waals surface area contributed by atoms with Gasteiger partial charge in [0.05, 0.1) is 11.9 Å². The van der Waals surface area contributed by atoms with Crippen LogP contribution in [0.5, 0.6) is 0 Å². The monoisotopic (exact) mass is 357 g/mol. The number of carbonyl (C=O) groups excluding carboxylic acids is 1. The van der Waals surface area contributed by atoms with Gasteiger partial charge in [0.1, 0.15) is 11.9 Å². The first-order valence-corrected chi connectivity index (χ1v) is 7.57. The Morgan fingerprint density at radius 1 is 1.20 bits per heavy atom. The Labute approximate surface area is 140 Å². The number of alkyl halides is 3. The van der Waals surface area contributed by atoms with Crippen LogP contribution in [0.3, 0.4) is 0 Å². The number of nitrogens with zero attached hydrogens (tertiary/aromatic N) is 4. The number of likely N-dealkylation sites (tertiary alicyclic amines) is 1. The molecule has 2 heterocycles. The Kier molecular flexibility index (Phi) is 4.46. The zero-order valence-corrected chi connectivity index (χ0v) is 12.9. The Hall–Kier alpha value is -2.49. The lowest BCUT2D eigenvalue weighted by Crippen LogP contribution is -2.56. The van der Waals surface area contributed by atoms with Gasteiger partial charge >= 0.3 is 6.18 Å². The highest BCUT2D eigenvalue weighted by molar-refractivity contribution is 5.92. The fraction of sp³-hybridized carbons (Fsp3) is 0.400. The van der Waals surface area contributed by atoms with E-state index >= 15 is 0 Å². The van der Waals surface area contributed by atoms with Crippen LogP contribution in [0, 0.1) is 5.82 Å². The molecule has 134 valence electrons. The maximum Gasteiger partial charge on any atom is 0.408 e. The highest BCUT2D eigenvalue weighted by Crippen LogP contribution is 2.32. The van der Waals surface area contributed by atoms with Gasteiger partial charge in [0, 0.05) is 12.6 Å². The average Bonchev–Trinajstić information content (AvgIpc) is 3.03. The molecule has 3 rings (SSSR count). The molecule has 2 N–H and O–H groups in total. The van der Waals surface area contributed by atoms with Crippen molar-refractivity contribution in [2.24, 2.45) is 5.73 Å². The molecule has 1 aliphatic rings. The van der Waals surface area contributed by atoms with Crippen molar-refractivity contribution < 1.29 is 22.4 Å². The highest BCUT2D eigenvalue weighted by atomic mass is 19.4. The normalized spacial score (nSPS) is 21.4. The van der Waals surface area contributed by atoms with Crippen molar-refractivity contribution in [1.29, 1.82) is 0 Å². The Balaban J connectivity index is 1.85. The minimum absolute atomic E-state index is 0.191. The fourth-order valence-corrected chi connectivity index (χ4v) is 2.79. The van der Waals surface area contributed by atoms with Crippen LogP contribution >= 0.6 is 0 Å². The summed E-state index contributed by atoms with van der Waals surface area (Å²) in [4.78, 5) is 13.2. The van der Waals surface area contributed by atoms with Gasteiger partial charge in [-0.05, 0) is 37.1 Å². The molecule has 0 aliphatic carbocycles. The number of halogens is 4. The SMILES string of the molecule is N[C@@H]1CC[C@H](C(F)(F)F)N(C(=O)c2cn(-c3ccc(F)cc3)nn2)C1. The van der Waals surface area contributed by atoms with Crippen molar-refractivity contribution in [1.82, 2.24) is 19.9 Å². The van der Waals surface area contributed by atoms with Gasteiger partial charge in [0.25, 0.3) is 5.91 Å². The maximum atomic E-state index is 13.2. The number of hydrogen-bond donors (Lipinski definition) is 1. The first kappa shape index (κ1) is 17.3. The first-order valence-electron chi connectivity index (χ1n) is 7.57. The molecule has 25 heavy (non-hydrogen) atoms. The summed E-state index contributed by atoms with van der Waals surface area (Å²) in [5.74, 6) is -1.33. The van der Waals surface area contributed by atoms with Crippen LogP contribution in [-0.4, -0.2) is 50.6 Å². The number of benzene rings is 1. The van der Waals surface area contributed by atoms with E-state index < -0.39 is 30.0 Å². The maximum absolute atomic E-state index is 13.2. The molecule has 0 unspecified atom stereocenters. The van der Waals surface area contributed by atoms with Crippen molar-refractivity contribution in [3.8, 4) is 5.69 Å². The van der Waals surface area contributed by atoms with E-state index in [1.165, 1.54) is 35.1 Å². The topological polar surface area (TPSA) is 77.0 Å². The van der Waals surface area contributed by atoms with Gasteiger partial charge in [-0.3, -0.25) is 4.79 Å². The molecular formula is C15H15F4N5O. The van der Waals surface area contributed by atoms with Crippen LogP contribution in [0.2, 0.25) is 0 Å². The van der Waals surface area contributed by atoms with Gasteiger partial charge in [0.15, 0.2) is 5.69 Å². The molecule has 0 saturated carbocycles. The van der Waals surface area contributed by atoms with Crippen LogP contribution in [-0.2, 0) is 0 Å². The largest absolute Gasteiger partial charge is 0.408 e. The molecule has 10 heteroatoms. The third-order valence-corrected chi connectivity index (χ3v) is 4.06. The lowest BCUT2D eigenvalue weighted by atomic mass is 9.98. The minimum Gasteiger partial charge on any atom is -0.326 e. The number of nitrogens with two attached hydrogens (primary N) is 1. The van der Waals surface area contributed by atoms with Crippen LogP contribution in [0.4, 0.5) is 17.6 Å². The van der Waals surface area contributed by atoms with E-state index in [-0.39, 0.29) is 25.1 Å². The van der Waals surface area contributed by atoms with Gasteiger partial charge < -0.3 is 10.6 Å². The summed E-state index contributed by atoms with van der Waals surface area (Å²) in [5.41, 5.74) is 5.92. The lowest BCUT2D eigenvalue weighted by Gasteiger charge is -2.38. The number of piperidine rings is 1. The van der Waals surface area contributed by atoms with E-state index in [2.05, 4.69) is 10.3 Å². The van der Waals surface area contributed by atoms with Crippen LogP contribution < -0.4 is 5.73 Å². The summed E-state index contributed by atoms with van der Waals surface area (Å²) in [6.07, 6.45) is -3.38. The predicted octanol–water partition coefficient (Wildman–Crippen LogP) is 1.90. The van der Waals surface area contributed by atoms with Crippen LogP contribution in [0.15, 0.2) is 30.5 Å². The zero-order chi connectivity index (χ0) is 18.2. The van der Waals surface area contributed by atoms with Gasteiger partial charge in [0.2, 0.25) is 0 Å². The van der Waals surface area contributed by atoms with Crippen molar-refractivity contribution in [3.05, 3.63) is 42.0 Å². The summed E-state index contributed by atoms with van der Waals surface area (Å²) in [6, 6.07) is 2.80. The molecule has 2 atom stereocenters. The molecule has 1 amide bonds. The molecular weight excluding hydrogens is 342 g/mol. The molecule has 1 aliphatic heterocycles. The fourth-order valence-electron chi connectivity index (χ4n) is 2.79. The lowest BCUT2D eigenvalue weighted by molar-refractivity contribution is -0.184. The summed E-state index contributed by atoms with van der Waals surface area (Å²) in [6.45, 7) is -0.202. The molecule has 1 fully saturated rings. The number of aromatic nitrogens is 3. The second-order valence-corrected chi connectivity index (χ2v) is 5.88. The van der Waals surface area contributed by atoms with Gasteiger partial charge in [-0.15, -0.1) is 5.10 Å². The molecule has 1 saturated heterocycles. The van der Waals surface area contributed by atoms with Crippen molar-refractivity contribution in [2.75, 3.05) is 6.54 Å². The van der Waals surface area contributed by atoms with Crippen molar-refractivity contribution in [2.45, 2.75) is 31.1 Å². The number of amides is 1. The second-order valence-electron chi connectivity index (χ2n) is 5.88. The molecule has 0 radical (unpaired) electrons. The smallest absolute Gasteiger partial charge is 0.326 e. The molecule has 1 aromatic carbocycles. The summed E-state index contributed by atoms with van der Waals surface area (Å²) in [5, 5.41) is 7.37.